The molecule has 2 amide bonds. The molecular formula is C20H23F3N4O3. The molecule has 1 saturated heterocycles. The Bertz CT molecular complexity index is 891. The smallest absolute Gasteiger partial charge is 0.378 e. The molecule has 1 atom stereocenters. The summed E-state index contributed by atoms with van der Waals surface area (Å²) in [6, 6.07) is 6.78. The van der Waals surface area contributed by atoms with Gasteiger partial charge in [0.1, 0.15) is 6.54 Å². The predicted octanol–water partition coefficient (Wildman–Crippen LogP) is 2.89. The molecule has 2 aromatic rings. The van der Waals surface area contributed by atoms with Crippen LogP contribution in [0.2, 0.25) is 0 Å². The first kappa shape index (κ1) is 21.8. The van der Waals surface area contributed by atoms with Crippen LogP contribution in [0.5, 0.6) is 0 Å². The van der Waals surface area contributed by atoms with Crippen molar-refractivity contribution in [3.63, 3.8) is 0 Å². The molecule has 3 rings (SSSR count). The molecule has 0 radical (unpaired) electrons. The van der Waals surface area contributed by atoms with E-state index in [2.05, 4.69) is 10.4 Å². The van der Waals surface area contributed by atoms with Crippen molar-refractivity contribution in [1.29, 1.82) is 0 Å². The first-order chi connectivity index (χ1) is 14.2. The summed E-state index contributed by atoms with van der Waals surface area (Å²) in [6.45, 7) is 3.67. The third kappa shape index (κ3) is 5.59. The van der Waals surface area contributed by atoms with E-state index in [4.69, 9.17) is 4.74 Å². The van der Waals surface area contributed by atoms with Gasteiger partial charge in [0.05, 0.1) is 18.8 Å². The number of halogens is 3. The molecule has 0 aliphatic carbocycles. The van der Waals surface area contributed by atoms with Crippen molar-refractivity contribution in [2.45, 2.75) is 32.0 Å². The van der Waals surface area contributed by atoms with E-state index in [9.17, 15) is 22.8 Å². The average molecular weight is 424 g/mol. The van der Waals surface area contributed by atoms with Gasteiger partial charge in [-0.1, -0.05) is 25.1 Å². The standard InChI is InChI=1S/C20H23F3N4O3/c1-14(15-4-2-3-5-16(15)20(21,22)23)12-18(28)24-17-6-7-27(25-17)13-19(29)26-8-10-30-11-9-26/h2-7,14H,8-13H2,1H3,(H,24,25,28). The van der Waals surface area contributed by atoms with E-state index < -0.39 is 23.6 Å². The maximum atomic E-state index is 13.2. The van der Waals surface area contributed by atoms with Crippen LogP contribution < -0.4 is 5.32 Å². The highest BCUT2D eigenvalue weighted by Gasteiger charge is 2.34. The van der Waals surface area contributed by atoms with Crippen molar-refractivity contribution in [2.24, 2.45) is 0 Å². The van der Waals surface area contributed by atoms with Gasteiger partial charge in [-0.2, -0.15) is 18.3 Å². The number of benzene rings is 1. The molecule has 162 valence electrons. The van der Waals surface area contributed by atoms with Gasteiger partial charge < -0.3 is 15.0 Å². The third-order valence-electron chi connectivity index (χ3n) is 4.86. The van der Waals surface area contributed by atoms with E-state index in [1.165, 1.54) is 22.9 Å². The van der Waals surface area contributed by atoms with Gasteiger partial charge in [0.15, 0.2) is 5.82 Å². The van der Waals surface area contributed by atoms with Gasteiger partial charge in [-0.15, -0.1) is 0 Å². The minimum absolute atomic E-state index is 0.0330. The fourth-order valence-electron chi connectivity index (χ4n) is 3.33. The number of nitrogens with one attached hydrogen (secondary N) is 1. The van der Waals surface area contributed by atoms with Gasteiger partial charge in [-0.3, -0.25) is 14.3 Å². The van der Waals surface area contributed by atoms with Crippen LogP contribution in [-0.2, 0) is 27.0 Å². The molecule has 0 saturated carbocycles. The zero-order chi connectivity index (χ0) is 21.7. The van der Waals surface area contributed by atoms with Gasteiger partial charge in [0.2, 0.25) is 11.8 Å². The number of nitrogens with zero attached hydrogens (tertiary/aromatic N) is 3. The summed E-state index contributed by atoms with van der Waals surface area (Å²) in [5.74, 6) is -0.945. The first-order valence-corrected chi connectivity index (χ1v) is 9.59. The Morgan fingerprint density at radius 1 is 1.20 bits per heavy atom. The summed E-state index contributed by atoms with van der Waals surface area (Å²) in [4.78, 5) is 26.2. The molecule has 1 N–H and O–H groups in total. The summed E-state index contributed by atoms with van der Waals surface area (Å²) in [5.41, 5.74) is -0.669. The zero-order valence-electron chi connectivity index (χ0n) is 16.5. The third-order valence-corrected chi connectivity index (χ3v) is 4.86. The number of rotatable bonds is 6. The van der Waals surface area contributed by atoms with Gasteiger partial charge in [0.25, 0.3) is 0 Å². The Kier molecular flexibility index (Phi) is 6.76. The number of aromatic nitrogens is 2. The lowest BCUT2D eigenvalue weighted by Crippen LogP contribution is -2.42. The predicted molar refractivity (Wildman–Crippen MR) is 103 cm³/mol. The topological polar surface area (TPSA) is 76.5 Å². The van der Waals surface area contributed by atoms with Gasteiger partial charge in [-0.05, 0) is 17.5 Å². The van der Waals surface area contributed by atoms with Crippen LogP contribution >= 0.6 is 0 Å². The second-order valence-corrected chi connectivity index (χ2v) is 7.13. The van der Waals surface area contributed by atoms with Crippen LogP contribution in [-0.4, -0.2) is 52.8 Å². The normalized spacial score (nSPS) is 15.7. The molecule has 1 aromatic carbocycles. The number of amides is 2. The fraction of sp³-hybridized carbons (Fsp3) is 0.450. The van der Waals surface area contributed by atoms with Gasteiger partial charge in [0, 0.05) is 31.8 Å². The molecule has 10 heteroatoms. The Hall–Kier alpha value is -2.88. The van der Waals surface area contributed by atoms with Crippen LogP contribution in [0, 0.1) is 0 Å². The van der Waals surface area contributed by atoms with Gasteiger partial charge >= 0.3 is 6.18 Å². The Labute approximate surface area is 171 Å². The number of carbonyl (C=O) groups excluding carboxylic acids is 2. The van der Waals surface area contributed by atoms with Gasteiger partial charge in [-0.25, -0.2) is 0 Å². The second kappa shape index (κ2) is 9.29. The van der Waals surface area contributed by atoms with Crippen molar-refractivity contribution in [2.75, 3.05) is 31.6 Å². The summed E-state index contributed by atoms with van der Waals surface area (Å²) in [6.07, 6.45) is -3.05. The van der Waals surface area contributed by atoms with E-state index in [-0.39, 0.29) is 30.3 Å². The summed E-state index contributed by atoms with van der Waals surface area (Å²) in [5, 5.41) is 6.72. The number of carbonyl (C=O) groups is 2. The van der Waals surface area contributed by atoms with Crippen molar-refractivity contribution >= 4 is 17.6 Å². The molecule has 1 aromatic heterocycles. The van der Waals surface area contributed by atoms with Crippen LogP contribution in [0.15, 0.2) is 36.5 Å². The highest BCUT2D eigenvalue weighted by Crippen LogP contribution is 2.36. The SMILES string of the molecule is CC(CC(=O)Nc1ccn(CC(=O)N2CCOCC2)n1)c1ccccc1C(F)(F)F. The molecule has 2 heterocycles. The number of ether oxygens (including phenoxy) is 1. The molecule has 7 nitrogen and oxygen atoms in total. The quantitative estimate of drug-likeness (QED) is 0.774. The maximum absolute atomic E-state index is 13.2. The first-order valence-electron chi connectivity index (χ1n) is 9.59. The number of alkyl halides is 3. The summed E-state index contributed by atoms with van der Waals surface area (Å²) < 4.78 is 46.2. The minimum Gasteiger partial charge on any atom is -0.378 e. The molecule has 0 spiro atoms. The largest absolute Gasteiger partial charge is 0.416 e. The van der Waals surface area contributed by atoms with E-state index in [1.54, 1.807) is 24.1 Å². The monoisotopic (exact) mass is 424 g/mol. The van der Waals surface area contributed by atoms with Crippen LogP contribution in [0.25, 0.3) is 0 Å². The average Bonchev–Trinajstić information content (AvgIpc) is 3.14. The number of anilines is 1. The Balaban J connectivity index is 1.56. The fourth-order valence-corrected chi connectivity index (χ4v) is 3.33. The van der Waals surface area contributed by atoms with Crippen LogP contribution in [0.1, 0.15) is 30.4 Å². The zero-order valence-corrected chi connectivity index (χ0v) is 16.5. The van der Waals surface area contributed by atoms with Crippen molar-refractivity contribution in [3.8, 4) is 0 Å². The Morgan fingerprint density at radius 3 is 2.60 bits per heavy atom. The van der Waals surface area contributed by atoms with Crippen molar-refractivity contribution in [3.05, 3.63) is 47.7 Å². The lowest BCUT2D eigenvalue weighted by atomic mass is 9.92. The highest BCUT2D eigenvalue weighted by molar-refractivity contribution is 5.90. The van der Waals surface area contributed by atoms with Crippen molar-refractivity contribution in [1.82, 2.24) is 14.7 Å². The number of hydrogen-bond donors (Lipinski definition) is 1. The van der Waals surface area contributed by atoms with E-state index in [0.29, 0.717) is 26.3 Å². The molecule has 1 fully saturated rings. The second-order valence-electron chi connectivity index (χ2n) is 7.13. The lowest BCUT2D eigenvalue weighted by molar-refractivity contribution is -0.138. The van der Waals surface area contributed by atoms with E-state index >= 15 is 0 Å². The Morgan fingerprint density at radius 2 is 1.90 bits per heavy atom. The summed E-state index contributed by atoms with van der Waals surface area (Å²) >= 11 is 0. The molecule has 0 bridgehead atoms. The molecule has 1 unspecified atom stereocenters. The lowest BCUT2D eigenvalue weighted by Gasteiger charge is -2.26. The minimum atomic E-state index is -4.48. The number of morpholine rings is 1. The maximum Gasteiger partial charge on any atom is 0.416 e. The highest BCUT2D eigenvalue weighted by atomic mass is 19.4. The molecular weight excluding hydrogens is 401 g/mol. The molecule has 1 aliphatic heterocycles. The van der Waals surface area contributed by atoms with Crippen LogP contribution in [0.3, 0.4) is 0 Å². The molecule has 30 heavy (non-hydrogen) atoms. The van der Waals surface area contributed by atoms with E-state index in [0.717, 1.165) is 6.07 Å². The van der Waals surface area contributed by atoms with Crippen molar-refractivity contribution < 1.29 is 27.5 Å². The summed E-state index contributed by atoms with van der Waals surface area (Å²) in [7, 11) is 0. The molecule has 1 aliphatic rings. The van der Waals surface area contributed by atoms with Crippen LogP contribution in [0.4, 0.5) is 19.0 Å². The number of hydrogen-bond acceptors (Lipinski definition) is 4. The van der Waals surface area contributed by atoms with E-state index in [1.807, 2.05) is 0 Å².